The predicted molar refractivity (Wildman–Crippen MR) is 75.8 cm³/mol. The zero-order chi connectivity index (χ0) is 13.1. The second-order valence-electron chi connectivity index (χ2n) is 5.03. The average Bonchev–Trinajstić information content (AvgIpc) is 2.78. The van der Waals surface area contributed by atoms with E-state index in [0.29, 0.717) is 6.04 Å². The number of hydrogen-bond donors (Lipinski definition) is 1. The van der Waals surface area contributed by atoms with Crippen molar-refractivity contribution in [3.8, 4) is 0 Å². The lowest BCUT2D eigenvalue weighted by Crippen LogP contribution is -2.07. The highest BCUT2D eigenvalue weighted by Gasteiger charge is 2.09. The fraction of sp³-hybridized carbons (Fsp3) is 0.400. The van der Waals surface area contributed by atoms with Crippen LogP contribution in [-0.4, -0.2) is 9.78 Å². The number of benzene rings is 1. The van der Waals surface area contributed by atoms with Gasteiger partial charge in [0.05, 0.1) is 11.9 Å². The summed E-state index contributed by atoms with van der Waals surface area (Å²) in [5.41, 5.74) is 3.71. The molecule has 0 saturated carbocycles. The van der Waals surface area contributed by atoms with E-state index in [0.717, 1.165) is 5.69 Å². The largest absolute Gasteiger partial charge is 0.376 e. The molecule has 0 aliphatic heterocycles. The maximum absolute atomic E-state index is 4.34. The number of rotatable bonds is 4. The minimum absolute atomic E-state index is 0.288. The molecule has 0 bridgehead atoms. The van der Waals surface area contributed by atoms with Gasteiger partial charge in [-0.15, -0.1) is 0 Å². The third-order valence-corrected chi connectivity index (χ3v) is 3.17. The van der Waals surface area contributed by atoms with Crippen LogP contribution >= 0.6 is 0 Å². The molecule has 0 fully saturated rings. The van der Waals surface area contributed by atoms with E-state index in [-0.39, 0.29) is 6.04 Å². The summed E-state index contributed by atoms with van der Waals surface area (Å²) < 4.78 is 1.97. The molecule has 0 aliphatic carbocycles. The van der Waals surface area contributed by atoms with Crippen LogP contribution in [0.25, 0.3) is 0 Å². The van der Waals surface area contributed by atoms with Crippen molar-refractivity contribution < 1.29 is 0 Å². The van der Waals surface area contributed by atoms with Crippen molar-refractivity contribution in [3.05, 3.63) is 47.8 Å². The maximum Gasteiger partial charge on any atom is 0.0731 e. The van der Waals surface area contributed by atoms with Crippen LogP contribution in [0.5, 0.6) is 0 Å². The summed E-state index contributed by atoms with van der Waals surface area (Å²) in [5.74, 6) is 0. The van der Waals surface area contributed by atoms with Gasteiger partial charge >= 0.3 is 0 Å². The van der Waals surface area contributed by atoms with Crippen LogP contribution in [0, 0.1) is 6.92 Å². The minimum atomic E-state index is 0.288. The molecule has 18 heavy (non-hydrogen) atoms. The van der Waals surface area contributed by atoms with Crippen LogP contribution in [0.15, 0.2) is 36.7 Å². The van der Waals surface area contributed by atoms with Crippen molar-refractivity contribution in [2.45, 2.75) is 39.8 Å². The van der Waals surface area contributed by atoms with Gasteiger partial charge in [-0.2, -0.15) is 5.10 Å². The zero-order valence-corrected chi connectivity index (χ0v) is 11.5. The van der Waals surface area contributed by atoms with Gasteiger partial charge in [0, 0.05) is 18.3 Å². The van der Waals surface area contributed by atoms with Crippen LogP contribution in [0.3, 0.4) is 0 Å². The number of aryl methyl sites for hydroxylation is 1. The van der Waals surface area contributed by atoms with E-state index in [9.17, 15) is 0 Å². The van der Waals surface area contributed by atoms with Gasteiger partial charge in [-0.1, -0.05) is 24.3 Å². The average molecular weight is 243 g/mol. The second-order valence-corrected chi connectivity index (χ2v) is 5.03. The van der Waals surface area contributed by atoms with Crippen LogP contribution in [0.1, 0.15) is 44.0 Å². The third-order valence-electron chi connectivity index (χ3n) is 3.17. The summed E-state index contributed by atoms with van der Waals surface area (Å²) in [6, 6.07) is 9.15. The van der Waals surface area contributed by atoms with Crippen molar-refractivity contribution in [1.29, 1.82) is 0 Å². The van der Waals surface area contributed by atoms with Crippen molar-refractivity contribution in [2.24, 2.45) is 0 Å². The Kier molecular flexibility index (Phi) is 3.70. The van der Waals surface area contributed by atoms with Gasteiger partial charge in [0.2, 0.25) is 0 Å². The summed E-state index contributed by atoms with van der Waals surface area (Å²) in [6.07, 6.45) is 3.94. The van der Waals surface area contributed by atoms with E-state index >= 15 is 0 Å². The SMILES string of the molecule is Cc1ccccc1C(C)Nc1cnn(C(C)C)c1. The van der Waals surface area contributed by atoms with Crippen molar-refractivity contribution >= 4 is 5.69 Å². The fourth-order valence-corrected chi connectivity index (χ4v) is 2.10. The normalized spacial score (nSPS) is 12.7. The van der Waals surface area contributed by atoms with Gasteiger partial charge < -0.3 is 5.32 Å². The molecule has 1 aromatic carbocycles. The predicted octanol–water partition coefficient (Wildman–Crippen LogP) is 3.95. The highest BCUT2D eigenvalue weighted by Crippen LogP contribution is 2.22. The molecule has 3 heteroatoms. The molecule has 96 valence electrons. The number of anilines is 1. The lowest BCUT2D eigenvalue weighted by atomic mass is 10.0. The molecule has 2 aromatic rings. The molecular formula is C15H21N3. The molecule has 0 amide bonds. The molecule has 1 heterocycles. The summed E-state index contributed by atoms with van der Waals surface area (Å²) in [5, 5.41) is 7.83. The Bertz CT molecular complexity index is 514. The van der Waals surface area contributed by atoms with Gasteiger partial charge in [-0.05, 0) is 38.8 Å². The minimum Gasteiger partial charge on any atom is -0.376 e. The molecule has 1 unspecified atom stereocenters. The molecule has 1 aromatic heterocycles. The topological polar surface area (TPSA) is 29.9 Å². The molecule has 1 N–H and O–H groups in total. The maximum atomic E-state index is 4.34. The van der Waals surface area contributed by atoms with Crippen LogP contribution in [-0.2, 0) is 0 Å². The highest BCUT2D eigenvalue weighted by molar-refractivity contribution is 5.43. The standard InChI is InChI=1S/C15H21N3/c1-11(2)18-10-14(9-16-18)17-13(4)15-8-6-5-7-12(15)3/h5-11,13,17H,1-4H3. The molecular weight excluding hydrogens is 222 g/mol. The highest BCUT2D eigenvalue weighted by atomic mass is 15.3. The Labute approximate surface area is 109 Å². The molecule has 2 rings (SSSR count). The Morgan fingerprint density at radius 3 is 2.50 bits per heavy atom. The number of nitrogens with one attached hydrogen (secondary N) is 1. The first-order valence-electron chi connectivity index (χ1n) is 6.44. The first-order valence-corrected chi connectivity index (χ1v) is 6.44. The van der Waals surface area contributed by atoms with Crippen LogP contribution in [0.2, 0.25) is 0 Å². The summed E-state index contributed by atoms with van der Waals surface area (Å²) in [7, 11) is 0. The quantitative estimate of drug-likeness (QED) is 0.881. The third kappa shape index (κ3) is 2.73. The van der Waals surface area contributed by atoms with E-state index in [1.165, 1.54) is 11.1 Å². The van der Waals surface area contributed by atoms with E-state index in [1.54, 1.807) is 0 Å². The number of nitrogens with zero attached hydrogens (tertiary/aromatic N) is 2. The summed E-state index contributed by atoms with van der Waals surface area (Å²) in [4.78, 5) is 0. The molecule has 0 aliphatic rings. The van der Waals surface area contributed by atoms with Gasteiger partial charge in [-0.3, -0.25) is 4.68 Å². The second kappa shape index (κ2) is 5.25. The van der Waals surface area contributed by atoms with Crippen LogP contribution in [0.4, 0.5) is 5.69 Å². The monoisotopic (exact) mass is 243 g/mol. The molecule has 0 spiro atoms. The van der Waals surface area contributed by atoms with Crippen molar-refractivity contribution in [2.75, 3.05) is 5.32 Å². The molecule has 0 radical (unpaired) electrons. The Balaban J connectivity index is 2.11. The number of aromatic nitrogens is 2. The van der Waals surface area contributed by atoms with Crippen molar-refractivity contribution in [1.82, 2.24) is 9.78 Å². The number of hydrogen-bond acceptors (Lipinski definition) is 2. The van der Waals surface area contributed by atoms with Gasteiger partial charge in [0.15, 0.2) is 0 Å². The van der Waals surface area contributed by atoms with E-state index < -0.39 is 0 Å². The Morgan fingerprint density at radius 2 is 1.89 bits per heavy atom. The molecule has 1 atom stereocenters. The Hall–Kier alpha value is -1.77. The molecule has 0 saturated heterocycles. The Morgan fingerprint density at radius 1 is 1.17 bits per heavy atom. The van der Waals surface area contributed by atoms with Gasteiger partial charge in [-0.25, -0.2) is 0 Å². The molecule has 3 nitrogen and oxygen atoms in total. The summed E-state index contributed by atoms with van der Waals surface area (Å²) in [6.45, 7) is 8.57. The van der Waals surface area contributed by atoms with E-state index in [2.05, 4.69) is 68.6 Å². The zero-order valence-electron chi connectivity index (χ0n) is 11.5. The lowest BCUT2D eigenvalue weighted by molar-refractivity contribution is 0.532. The van der Waals surface area contributed by atoms with E-state index in [4.69, 9.17) is 0 Å². The first-order chi connectivity index (χ1) is 8.58. The van der Waals surface area contributed by atoms with Gasteiger partial charge in [0.1, 0.15) is 0 Å². The van der Waals surface area contributed by atoms with Crippen molar-refractivity contribution in [3.63, 3.8) is 0 Å². The summed E-state index contributed by atoms with van der Waals surface area (Å²) >= 11 is 0. The van der Waals surface area contributed by atoms with Crippen LogP contribution < -0.4 is 5.32 Å². The first kappa shape index (κ1) is 12.7. The smallest absolute Gasteiger partial charge is 0.0731 e. The fourth-order valence-electron chi connectivity index (χ4n) is 2.10. The van der Waals surface area contributed by atoms with E-state index in [1.807, 2.05) is 10.9 Å². The lowest BCUT2D eigenvalue weighted by Gasteiger charge is -2.16. The van der Waals surface area contributed by atoms with Gasteiger partial charge in [0.25, 0.3) is 0 Å².